The monoisotopic (exact) mass is 1980 g/mol. The molecule has 16 bridgehead atoms. The van der Waals surface area contributed by atoms with Crippen molar-refractivity contribution in [1.29, 1.82) is 0 Å². The summed E-state index contributed by atoms with van der Waals surface area (Å²) in [5, 5.41) is 23.8. The van der Waals surface area contributed by atoms with E-state index in [9.17, 15) is 9.59 Å². The van der Waals surface area contributed by atoms with Crippen molar-refractivity contribution in [1.82, 2.24) is 99.7 Å². The Hall–Kier alpha value is -15.6. The Kier molecular flexibility index (Phi) is 25.5. The van der Waals surface area contributed by atoms with Crippen molar-refractivity contribution >= 4 is 183 Å². The van der Waals surface area contributed by atoms with Gasteiger partial charge in [0.05, 0.1) is 69.4 Å². The van der Waals surface area contributed by atoms with E-state index in [1.165, 1.54) is 22.7 Å². The summed E-state index contributed by atoms with van der Waals surface area (Å²) < 4.78 is 9.42. The van der Waals surface area contributed by atoms with Crippen LogP contribution in [0.5, 0.6) is 11.5 Å². The zero-order valence-electron chi connectivity index (χ0n) is 68.9. The molecular formula is C100H52N22O4RuS4Zn2. The van der Waals surface area contributed by atoms with Crippen molar-refractivity contribution in [3.63, 3.8) is 0 Å². The molecule has 0 N–H and O–H groups in total. The zero-order valence-corrected chi connectivity index (χ0v) is 79.8. The molecule has 0 atom stereocenters. The first-order chi connectivity index (χ1) is 64.1. The molecule has 622 valence electrons. The van der Waals surface area contributed by atoms with Crippen molar-refractivity contribution in [2.75, 3.05) is 0 Å². The van der Waals surface area contributed by atoms with Gasteiger partial charge in [-0.05, 0) is 150 Å². The number of carbonyl (C=O) groups is 2. The Morgan fingerprint density at radius 3 is 0.812 bits per heavy atom. The van der Waals surface area contributed by atoms with Gasteiger partial charge >= 0.3 is 58.4 Å². The summed E-state index contributed by atoms with van der Waals surface area (Å²) in [4.78, 5) is 124. The van der Waals surface area contributed by atoms with E-state index >= 15 is 0 Å². The summed E-state index contributed by atoms with van der Waals surface area (Å²) in [5.74, 6) is 4.77. The van der Waals surface area contributed by atoms with Gasteiger partial charge in [0, 0.05) is 146 Å². The van der Waals surface area contributed by atoms with E-state index in [0.29, 0.717) is 128 Å². The molecule has 24 rings (SSSR count). The number of aromatic nitrogens is 20. The van der Waals surface area contributed by atoms with E-state index in [1.54, 1.807) is 46.9 Å². The van der Waals surface area contributed by atoms with Crippen molar-refractivity contribution in [3.05, 3.63) is 311 Å². The number of isothiocyanates is 2. The molecular weight excluding hydrogens is 1930 g/mol. The van der Waals surface area contributed by atoms with Crippen LogP contribution >= 0.6 is 47.1 Å². The average Bonchev–Trinajstić information content (AvgIpc) is 1.60. The molecule has 133 heavy (non-hydrogen) atoms. The fourth-order valence-corrected chi connectivity index (χ4v) is 17.4. The molecule has 12 aromatic heterocycles. The van der Waals surface area contributed by atoms with Crippen LogP contribution in [0, 0.1) is 0 Å². The molecule has 0 fully saturated rings. The SMILES string of the molecule is C(=C\c1ccc(-c2ccc3c(c2)-c2nc-3nc3[n-]c(nc4nc(nc5[n-]c(n2)c2ccccc52)-c2ccccc2-4)c2ccccc32)s1)/c1ccnc(-c2cc(/C=C/c3ccc(-c4ccc5c(c4)-c4nc-5nc5[n-]c(nc6nc(nc7[n-]c(n4)c4ccccc74)-c4ccccc4-6)c4ccccc54)s3)ccn2)c1.O=COc1ccnc(-c2cc(OC=O)ccn2)c1.[N-]=C=S.[N-]=C=S.[Ru+2].[Zn+2].[Zn+2]. The third kappa shape index (κ3) is 17.6. The molecule has 4 aliphatic heterocycles. The van der Waals surface area contributed by atoms with Crippen LogP contribution in [0.3, 0.4) is 0 Å². The molecule has 0 saturated carbocycles. The summed E-state index contributed by atoms with van der Waals surface area (Å²) in [6, 6.07) is 83.5. The fourth-order valence-electron chi connectivity index (χ4n) is 15.6. The number of pyridine rings is 4. The molecule has 0 saturated heterocycles. The average molecular weight is 1990 g/mol. The predicted octanol–water partition coefficient (Wildman–Crippen LogP) is 21.3. The van der Waals surface area contributed by atoms with Crippen LogP contribution in [-0.4, -0.2) is 103 Å². The van der Waals surface area contributed by atoms with E-state index < -0.39 is 0 Å². The van der Waals surface area contributed by atoms with Crippen LogP contribution in [0.4, 0.5) is 0 Å². The molecule has 0 spiro atoms. The van der Waals surface area contributed by atoms with Gasteiger partial charge in [0.1, 0.15) is 11.5 Å². The smallest absolute Gasteiger partial charge is 0.753 e. The van der Waals surface area contributed by atoms with Crippen molar-refractivity contribution < 1.29 is 77.5 Å². The van der Waals surface area contributed by atoms with Gasteiger partial charge in [0.2, 0.25) is 0 Å². The first kappa shape index (κ1) is 88.0. The van der Waals surface area contributed by atoms with E-state index in [4.69, 9.17) is 110 Å². The van der Waals surface area contributed by atoms with Gasteiger partial charge in [-0.3, -0.25) is 29.5 Å². The molecule has 0 aliphatic carbocycles. The van der Waals surface area contributed by atoms with E-state index in [2.05, 4.69) is 132 Å². The number of thiophene rings is 2. The third-order valence-electron chi connectivity index (χ3n) is 21.5. The van der Waals surface area contributed by atoms with Crippen molar-refractivity contribution in [3.8, 4) is 146 Å². The predicted molar refractivity (Wildman–Crippen MR) is 513 cm³/mol. The summed E-state index contributed by atoms with van der Waals surface area (Å²) in [5.41, 5.74) is 17.4. The second-order valence-corrected chi connectivity index (χ2v) is 31.7. The van der Waals surface area contributed by atoms with Crippen molar-refractivity contribution in [2.24, 2.45) is 0 Å². The summed E-state index contributed by atoms with van der Waals surface area (Å²) in [6.07, 6.45) is 15.1. The van der Waals surface area contributed by atoms with E-state index in [-0.39, 0.29) is 58.4 Å². The fraction of sp³-hybridized carbons (Fsp3) is 0. The van der Waals surface area contributed by atoms with Crippen molar-refractivity contribution in [2.45, 2.75) is 0 Å². The van der Waals surface area contributed by atoms with Gasteiger partial charge in [-0.2, -0.15) is 10.3 Å². The molecule has 0 amide bonds. The van der Waals surface area contributed by atoms with Gasteiger partial charge in [-0.25, -0.2) is 19.9 Å². The van der Waals surface area contributed by atoms with Gasteiger partial charge in [0.15, 0.2) is 0 Å². The number of fused-ring (bicyclic) bond motifs is 40. The maximum atomic E-state index is 10.2. The van der Waals surface area contributed by atoms with Gasteiger partial charge in [-0.15, -0.1) is 22.7 Å². The number of ether oxygens (including phenoxy) is 2. The van der Waals surface area contributed by atoms with E-state index in [1.807, 2.05) is 170 Å². The minimum Gasteiger partial charge on any atom is -0.753 e. The Morgan fingerprint density at radius 1 is 0.286 bits per heavy atom. The second-order valence-electron chi connectivity index (χ2n) is 29.1. The molecule has 26 nitrogen and oxygen atoms in total. The topological polar surface area (TPSA) is 360 Å². The normalized spacial score (nSPS) is 11.2. The van der Waals surface area contributed by atoms with Crippen LogP contribution in [0.2, 0.25) is 0 Å². The van der Waals surface area contributed by atoms with Crippen LogP contribution in [0.15, 0.2) is 280 Å². The molecule has 16 heterocycles. The maximum absolute atomic E-state index is 10.2. The molecule has 20 aromatic rings. The largest absolute Gasteiger partial charge is 2.00 e. The Morgan fingerprint density at radius 2 is 0.534 bits per heavy atom. The minimum atomic E-state index is 0. The number of benzene rings is 8. The molecule has 8 aromatic carbocycles. The van der Waals surface area contributed by atoms with Crippen LogP contribution < -0.4 is 29.4 Å². The molecule has 0 radical (unpaired) electrons. The standard InChI is InChI=1S/C86H44N18S2.C12H8N2O4.2CNS.Ru.2Zn/c1-3-15-53-51(13-1)71-89-73(53)93-77-59-21-9-11-23-61(59)81(97-77)101-85-65-43-47(27-33-63(65)83(103-85)99-79-57-19-7-5-17-55(57)75(91-71)95-79)69-35-31-49(105-69)29-25-45-37-39-87-67(41-45)68-42-46(38-40-88-68)26-30-50-32-36-70(106-50)48-28-34-64-66(44-48)86-102-82-62-24-12-10-22-60(62)78(98-82)94-74-54-16-4-2-14-52(54)72(90-74)92-76-56-18-6-8-20-58(56)80(96-76)100-84(64)104-86;15-7-17-9-1-3-13-11(5-9)12-6-10(18-8-16)2-4-14-12;2*2-1-3;;;/h1-44H;1-8H;;;;;/q-4;;2*-1;3*+2/b29-25+,30-26+;;;;;;. The first-order valence-electron chi connectivity index (χ1n) is 40.0. The number of hydrogen-bond donors (Lipinski definition) is 0. The molecule has 4 aliphatic rings. The number of thiocarbonyl (C=S) groups is 2. The number of hydrogen-bond acceptors (Lipinski definition) is 24. The second kappa shape index (κ2) is 38.6. The van der Waals surface area contributed by atoms with Gasteiger partial charge in [0.25, 0.3) is 12.9 Å². The number of rotatable bonds is 12. The Bertz CT molecular complexity index is 8090. The minimum absolute atomic E-state index is 0. The van der Waals surface area contributed by atoms with Crippen LogP contribution in [0.1, 0.15) is 20.9 Å². The van der Waals surface area contributed by atoms with Gasteiger partial charge in [-0.1, -0.05) is 206 Å². The zero-order chi connectivity index (χ0) is 87.7. The molecule has 0 unspecified atom stereocenters. The van der Waals surface area contributed by atoms with Gasteiger partial charge < -0.3 is 80.1 Å². The Labute approximate surface area is 810 Å². The summed E-state index contributed by atoms with van der Waals surface area (Å²) >= 11 is 10.8. The van der Waals surface area contributed by atoms with Crippen LogP contribution in [-0.2, 0) is 68.0 Å². The van der Waals surface area contributed by atoms with Crippen LogP contribution in [0.25, 0.3) is 258 Å². The first-order valence-corrected chi connectivity index (χ1v) is 42.4. The summed E-state index contributed by atoms with van der Waals surface area (Å²) in [7, 11) is 0. The summed E-state index contributed by atoms with van der Waals surface area (Å²) in [6.45, 7) is 0.664. The Balaban J connectivity index is 0.000000387. The maximum Gasteiger partial charge on any atom is 2.00 e. The van der Waals surface area contributed by atoms with E-state index in [0.717, 1.165) is 141 Å². The quantitative estimate of drug-likeness (QED) is 0.0474. The molecule has 33 heteroatoms. The third-order valence-corrected chi connectivity index (χ3v) is 23.7. The number of carbonyl (C=O) groups excluding carboxylic acids is 2. The number of nitrogens with zero attached hydrogens (tertiary/aromatic N) is 22.